The zero-order valence-electron chi connectivity index (χ0n) is 21.8. The summed E-state index contributed by atoms with van der Waals surface area (Å²) in [5.41, 5.74) is -0.346. The number of rotatable bonds is 9. The van der Waals surface area contributed by atoms with E-state index in [0.717, 1.165) is 53.8 Å². The predicted molar refractivity (Wildman–Crippen MR) is 141 cm³/mol. The van der Waals surface area contributed by atoms with Gasteiger partial charge in [-0.1, -0.05) is 0 Å². The molecule has 1 unspecified atom stereocenters. The molecule has 1 aliphatic heterocycles. The molecule has 0 bridgehead atoms. The monoisotopic (exact) mass is 668 g/mol. The molecule has 1 N–H and O–H groups in total. The molecule has 3 aromatic rings. The van der Waals surface area contributed by atoms with Crippen molar-refractivity contribution in [3.8, 4) is 11.3 Å². The van der Waals surface area contributed by atoms with Crippen LogP contribution in [0.1, 0.15) is 24.7 Å². The smallest absolute Gasteiger partial charge is 0.323 e. The normalized spacial score (nSPS) is 19.8. The highest BCUT2D eigenvalue weighted by atomic mass is 32.7. The summed E-state index contributed by atoms with van der Waals surface area (Å²) in [6, 6.07) is 1.78. The summed E-state index contributed by atoms with van der Waals surface area (Å²) < 4.78 is 121. The number of carbonyl (C=O) groups is 1. The molecule has 0 saturated carbocycles. The number of hydrogen-bond acceptors (Lipinski definition) is 8. The fourth-order valence-corrected chi connectivity index (χ4v) is 7.35. The Hall–Kier alpha value is -3.18. The van der Waals surface area contributed by atoms with Gasteiger partial charge in [-0.25, -0.2) is 31.6 Å². The van der Waals surface area contributed by atoms with Crippen LogP contribution in [-0.2, 0) is 32.1 Å². The van der Waals surface area contributed by atoms with Crippen molar-refractivity contribution in [1.29, 1.82) is 0 Å². The van der Waals surface area contributed by atoms with Crippen molar-refractivity contribution in [2.45, 2.75) is 49.2 Å². The van der Waals surface area contributed by atoms with Gasteiger partial charge in [-0.05, 0) is 41.8 Å². The average Bonchev–Trinajstić information content (AvgIpc) is 3.25. The molecule has 0 spiro atoms. The number of pyridine rings is 1. The first-order chi connectivity index (χ1) is 20.1. The van der Waals surface area contributed by atoms with Gasteiger partial charge in [0.25, 0.3) is 0 Å². The molecule has 2 aromatic heterocycles. The quantitative estimate of drug-likeness (QED) is 0.196. The summed E-state index contributed by atoms with van der Waals surface area (Å²) in [5, 5.41) is 0. The van der Waals surface area contributed by atoms with Crippen LogP contribution in [0.3, 0.4) is 0 Å². The molecular weight excluding hydrogens is 647 g/mol. The second kappa shape index (κ2) is 12.8. The first kappa shape index (κ1) is 32.7. The Labute approximate surface area is 245 Å². The average molecular weight is 669 g/mol. The molecule has 1 aliphatic rings. The van der Waals surface area contributed by atoms with Crippen molar-refractivity contribution in [1.82, 2.24) is 24.2 Å². The molecule has 1 fully saturated rings. The Bertz CT molecular complexity index is 1620. The maximum atomic E-state index is 14.9. The van der Waals surface area contributed by atoms with Crippen molar-refractivity contribution in [2.75, 3.05) is 5.88 Å². The van der Waals surface area contributed by atoms with Crippen LogP contribution in [0, 0.1) is 11.6 Å². The lowest BCUT2D eigenvalue weighted by Gasteiger charge is -2.30. The van der Waals surface area contributed by atoms with E-state index in [1.165, 1.54) is 6.92 Å². The fraction of sp³-hybridized carbons (Fsp3) is 0.333. The maximum absolute atomic E-state index is 14.9. The molecule has 0 aliphatic carbocycles. The van der Waals surface area contributed by atoms with Crippen LogP contribution in [0.25, 0.3) is 11.3 Å². The van der Waals surface area contributed by atoms with Crippen molar-refractivity contribution >= 4 is 34.5 Å². The molecular formula is C24H21F6N5O5PS2+. The largest absolute Gasteiger partial charge is 0.584 e. The lowest BCUT2D eigenvalue weighted by atomic mass is 10.1. The van der Waals surface area contributed by atoms with E-state index in [4.69, 9.17) is 0 Å². The Morgan fingerprint density at radius 3 is 2.35 bits per heavy atom. The highest BCUT2D eigenvalue weighted by Crippen LogP contribution is 2.37. The van der Waals surface area contributed by atoms with E-state index < -0.39 is 88.8 Å². The number of halogens is 6. The van der Waals surface area contributed by atoms with Gasteiger partial charge in [-0.3, -0.25) is 9.78 Å². The van der Waals surface area contributed by atoms with Gasteiger partial charge in [-0.15, -0.1) is 0 Å². The van der Waals surface area contributed by atoms with Gasteiger partial charge in [0, 0.05) is 36.5 Å². The van der Waals surface area contributed by atoms with E-state index >= 15 is 0 Å². The van der Waals surface area contributed by atoms with Gasteiger partial charge in [-0.2, -0.15) is 22.4 Å². The molecule has 0 radical (unpaired) electrons. The highest BCUT2D eigenvalue weighted by molar-refractivity contribution is 8.50. The van der Waals surface area contributed by atoms with Crippen LogP contribution in [0.4, 0.5) is 26.3 Å². The summed E-state index contributed by atoms with van der Waals surface area (Å²) in [6.45, 7) is 0.619. The van der Waals surface area contributed by atoms with E-state index in [-0.39, 0.29) is 16.8 Å². The van der Waals surface area contributed by atoms with E-state index in [2.05, 4.69) is 15.0 Å². The summed E-state index contributed by atoms with van der Waals surface area (Å²) in [5.74, 6) is -4.67. The minimum absolute atomic E-state index is 0.0265. The number of amides is 1. The SMILES string of the molecule is C[C@H]1[C@H](F)C[C@@H](C(=O)N(CS[P+](=O)O)Cc2cc(-c3cnc(C(F)(F)F)nc3)ncc2F)N1S(=O)(=O)c1ccc(F)cc1. The Kier molecular flexibility index (Phi) is 9.76. The molecule has 1 amide bonds. The third kappa shape index (κ3) is 7.32. The molecule has 43 heavy (non-hydrogen) atoms. The molecule has 19 heteroatoms. The number of nitrogens with zero attached hydrogens (tertiary/aromatic N) is 5. The van der Waals surface area contributed by atoms with Crippen LogP contribution >= 0.6 is 18.6 Å². The topological polar surface area (TPSA) is 134 Å². The molecule has 1 aromatic carbocycles. The number of benzene rings is 1. The van der Waals surface area contributed by atoms with Gasteiger partial charge in [0.05, 0.1) is 22.8 Å². The number of alkyl halides is 4. The predicted octanol–water partition coefficient (Wildman–Crippen LogP) is 4.69. The lowest BCUT2D eigenvalue weighted by molar-refractivity contribution is -0.145. The molecule has 3 heterocycles. The summed E-state index contributed by atoms with van der Waals surface area (Å²) in [6.07, 6.45) is -4.83. The maximum Gasteiger partial charge on any atom is 0.584 e. The van der Waals surface area contributed by atoms with Crippen molar-refractivity contribution in [2.24, 2.45) is 0 Å². The van der Waals surface area contributed by atoms with Crippen molar-refractivity contribution < 1.29 is 49.0 Å². The highest BCUT2D eigenvalue weighted by Gasteiger charge is 2.50. The molecule has 4 atom stereocenters. The number of hydrogen-bond donors (Lipinski definition) is 1. The van der Waals surface area contributed by atoms with E-state index in [9.17, 15) is 49.0 Å². The van der Waals surface area contributed by atoms with Crippen LogP contribution in [0.2, 0.25) is 0 Å². The Morgan fingerprint density at radius 1 is 1.14 bits per heavy atom. The molecule has 10 nitrogen and oxygen atoms in total. The Balaban J connectivity index is 1.67. The Morgan fingerprint density at radius 2 is 1.77 bits per heavy atom. The van der Waals surface area contributed by atoms with Gasteiger partial charge >= 0.3 is 13.4 Å². The van der Waals surface area contributed by atoms with Crippen molar-refractivity contribution in [3.63, 3.8) is 0 Å². The second-order valence-electron chi connectivity index (χ2n) is 9.28. The molecule has 230 valence electrons. The van der Waals surface area contributed by atoms with Crippen LogP contribution in [-0.4, -0.2) is 67.5 Å². The summed E-state index contributed by atoms with van der Waals surface area (Å²) in [7, 11) is -7.43. The second-order valence-corrected chi connectivity index (χ2v) is 13.8. The van der Waals surface area contributed by atoms with Crippen LogP contribution in [0.5, 0.6) is 0 Å². The van der Waals surface area contributed by atoms with Gasteiger partial charge < -0.3 is 4.90 Å². The van der Waals surface area contributed by atoms with Gasteiger partial charge in [0.1, 0.15) is 29.7 Å². The first-order valence-electron chi connectivity index (χ1n) is 12.1. The van der Waals surface area contributed by atoms with E-state index in [0.29, 0.717) is 15.7 Å². The standard InChI is InChI=1S/C24H20F6N5O5PS2/c1-13-18(26)7-21(35(13)43(39,40)17-4-2-16(25)3-5-17)22(36)34(12-42-41(37)38)11-14-6-20(31-10-19(14)27)15-8-32-23(33-9-15)24(28,29)30/h2-6,8-10,13,18,21H,7,11-12H2,1H3/p+1/t13-,18+,21-/m0/s1. The number of carbonyl (C=O) groups excluding carboxylic acids is 1. The van der Waals surface area contributed by atoms with Crippen molar-refractivity contribution in [3.05, 3.63) is 71.9 Å². The lowest BCUT2D eigenvalue weighted by Crippen LogP contribution is -2.49. The minimum Gasteiger partial charge on any atom is -0.323 e. The number of sulfonamides is 1. The zero-order valence-corrected chi connectivity index (χ0v) is 24.3. The third-order valence-electron chi connectivity index (χ3n) is 6.49. The summed E-state index contributed by atoms with van der Waals surface area (Å²) in [4.78, 5) is 33.8. The first-order valence-corrected chi connectivity index (χ1v) is 16.4. The van der Waals surface area contributed by atoms with E-state index in [1.807, 2.05) is 0 Å². The van der Waals surface area contributed by atoms with Gasteiger partial charge in [0.2, 0.25) is 21.8 Å². The van der Waals surface area contributed by atoms with E-state index in [1.54, 1.807) is 0 Å². The van der Waals surface area contributed by atoms with Gasteiger partial charge in [0.15, 0.2) is 11.4 Å². The zero-order chi connectivity index (χ0) is 31.7. The fourth-order valence-electron chi connectivity index (χ4n) is 4.37. The van der Waals surface area contributed by atoms with Crippen LogP contribution in [0.15, 0.2) is 53.8 Å². The molecule has 1 saturated heterocycles. The summed E-state index contributed by atoms with van der Waals surface area (Å²) >= 11 is 0.366. The number of aromatic nitrogens is 3. The van der Waals surface area contributed by atoms with Crippen LogP contribution < -0.4 is 0 Å². The third-order valence-corrected chi connectivity index (χ3v) is 10.2. The minimum atomic E-state index is -4.81. The molecule has 4 rings (SSSR count).